The highest BCUT2D eigenvalue weighted by Crippen LogP contribution is 2.38. The molecule has 2 aliphatic carbocycles. The number of rotatable bonds is 6. The van der Waals surface area contributed by atoms with Crippen molar-refractivity contribution in [2.75, 3.05) is 18.0 Å². The van der Waals surface area contributed by atoms with Gasteiger partial charge in [0.25, 0.3) is 0 Å². The van der Waals surface area contributed by atoms with Crippen LogP contribution in [0.5, 0.6) is 0 Å². The van der Waals surface area contributed by atoms with Gasteiger partial charge in [-0.25, -0.2) is 0 Å². The van der Waals surface area contributed by atoms with Crippen molar-refractivity contribution in [3.8, 4) is 0 Å². The molecule has 1 aromatic carbocycles. The average Bonchev–Trinajstić information content (AvgIpc) is 3.23. The first-order chi connectivity index (χ1) is 9.13. The fourth-order valence-electron chi connectivity index (χ4n) is 2.53. The molecule has 2 aliphatic rings. The van der Waals surface area contributed by atoms with Gasteiger partial charge in [0.15, 0.2) is 0 Å². The van der Waals surface area contributed by atoms with Crippen LogP contribution in [-0.4, -0.2) is 18.2 Å². The van der Waals surface area contributed by atoms with Crippen molar-refractivity contribution in [2.45, 2.75) is 38.7 Å². The summed E-state index contributed by atoms with van der Waals surface area (Å²) < 4.78 is 1.12. The van der Waals surface area contributed by atoms with Crippen molar-refractivity contribution >= 4 is 21.6 Å². The molecule has 0 amide bonds. The van der Waals surface area contributed by atoms with Crippen LogP contribution in [0.25, 0.3) is 0 Å². The van der Waals surface area contributed by atoms with Crippen LogP contribution in [0.4, 0.5) is 5.69 Å². The van der Waals surface area contributed by atoms with Crippen LogP contribution in [0.1, 0.15) is 44.3 Å². The summed E-state index contributed by atoms with van der Waals surface area (Å²) in [4.78, 5) is 2.55. The van der Waals surface area contributed by atoms with Crippen molar-refractivity contribution in [1.29, 1.82) is 0 Å². The topological polar surface area (TPSA) is 23.5 Å². The fourth-order valence-corrected chi connectivity index (χ4v) is 3.18. The second kappa shape index (κ2) is 5.45. The molecule has 0 heterocycles. The Morgan fingerprint density at radius 1 is 1.21 bits per heavy atom. The molecule has 104 valence electrons. The van der Waals surface area contributed by atoms with Crippen LogP contribution in [0.3, 0.4) is 0 Å². The first-order valence-corrected chi connectivity index (χ1v) is 8.15. The molecular formula is C16H22BrNO. The van der Waals surface area contributed by atoms with Gasteiger partial charge in [0.2, 0.25) is 0 Å². The maximum Gasteiger partial charge on any atom is 0.0762 e. The summed E-state index contributed by atoms with van der Waals surface area (Å²) in [7, 11) is 0. The zero-order chi connectivity index (χ0) is 13.4. The van der Waals surface area contributed by atoms with E-state index in [9.17, 15) is 5.11 Å². The molecule has 0 aliphatic heterocycles. The quantitative estimate of drug-likeness (QED) is 0.850. The van der Waals surface area contributed by atoms with Gasteiger partial charge in [-0.2, -0.15) is 0 Å². The van der Waals surface area contributed by atoms with Gasteiger partial charge in [0.1, 0.15) is 0 Å². The lowest BCUT2D eigenvalue weighted by Gasteiger charge is -2.26. The predicted molar refractivity (Wildman–Crippen MR) is 82.4 cm³/mol. The Kier molecular flexibility index (Phi) is 3.86. The summed E-state index contributed by atoms with van der Waals surface area (Å²) in [5.74, 6) is 1.81. The highest BCUT2D eigenvalue weighted by atomic mass is 79.9. The molecule has 2 nitrogen and oxygen atoms in total. The van der Waals surface area contributed by atoms with Gasteiger partial charge in [0, 0.05) is 17.6 Å². The minimum Gasteiger partial charge on any atom is -0.389 e. The molecular weight excluding hydrogens is 302 g/mol. The average molecular weight is 324 g/mol. The Bertz CT molecular complexity index is 438. The molecule has 0 saturated heterocycles. The SMILES string of the molecule is C[C@H](O)c1ccc(N(CC2CC2)CC2CC2)c(Br)c1. The van der Waals surface area contributed by atoms with Crippen molar-refractivity contribution in [3.63, 3.8) is 0 Å². The largest absolute Gasteiger partial charge is 0.389 e. The second-order valence-corrected chi connectivity index (χ2v) is 7.03. The van der Waals surface area contributed by atoms with Crippen LogP contribution in [-0.2, 0) is 0 Å². The lowest BCUT2D eigenvalue weighted by molar-refractivity contribution is 0.199. The smallest absolute Gasteiger partial charge is 0.0762 e. The van der Waals surface area contributed by atoms with Gasteiger partial charge in [-0.15, -0.1) is 0 Å². The van der Waals surface area contributed by atoms with E-state index in [0.29, 0.717) is 0 Å². The molecule has 3 rings (SSSR count). The first kappa shape index (κ1) is 13.4. The van der Waals surface area contributed by atoms with Crippen LogP contribution in [0, 0.1) is 11.8 Å². The number of hydrogen-bond donors (Lipinski definition) is 1. The van der Waals surface area contributed by atoms with Crippen LogP contribution in [0.15, 0.2) is 22.7 Å². The lowest BCUT2D eigenvalue weighted by atomic mass is 10.1. The van der Waals surface area contributed by atoms with Gasteiger partial charge in [-0.3, -0.25) is 0 Å². The number of hydrogen-bond acceptors (Lipinski definition) is 2. The molecule has 19 heavy (non-hydrogen) atoms. The highest BCUT2D eigenvalue weighted by Gasteiger charge is 2.30. The molecule has 0 bridgehead atoms. The van der Waals surface area contributed by atoms with Crippen molar-refractivity contribution in [3.05, 3.63) is 28.2 Å². The molecule has 0 radical (unpaired) electrons. The van der Waals surface area contributed by atoms with E-state index < -0.39 is 6.10 Å². The second-order valence-electron chi connectivity index (χ2n) is 6.18. The Balaban J connectivity index is 1.79. The van der Waals surface area contributed by atoms with E-state index in [0.717, 1.165) is 21.9 Å². The van der Waals surface area contributed by atoms with E-state index in [1.54, 1.807) is 0 Å². The van der Waals surface area contributed by atoms with Gasteiger partial charge in [0.05, 0.1) is 11.8 Å². The normalized spacial score (nSPS) is 20.4. The Labute approximate surface area is 123 Å². The standard InChI is InChI=1S/C16H22BrNO/c1-11(19)14-6-7-16(15(17)8-14)18(9-12-2-3-12)10-13-4-5-13/h6-8,11-13,19H,2-5,9-10H2,1H3/t11-/m0/s1. The third-order valence-electron chi connectivity index (χ3n) is 4.15. The third-order valence-corrected chi connectivity index (χ3v) is 4.78. The van der Waals surface area contributed by atoms with Crippen molar-refractivity contribution in [1.82, 2.24) is 0 Å². The minimum atomic E-state index is -0.398. The number of aliphatic hydroxyl groups excluding tert-OH is 1. The minimum absolute atomic E-state index is 0.398. The molecule has 0 spiro atoms. The Hall–Kier alpha value is -0.540. The zero-order valence-corrected chi connectivity index (χ0v) is 13.1. The first-order valence-electron chi connectivity index (χ1n) is 7.36. The number of nitrogens with zero attached hydrogens (tertiary/aromatic N) is 1. The monoisotopic (exact) mass is 323 g/mol. The van der Waals surface area contributed by atoms with Gasteiger partial charge < -0.3 is 10.0 Å². The summed E-state index contributed by atoms with van der Waals surface area (Å²) in [5, 5.41) is 9.65. The Morgan fingerprint density at radius 3 is 2.21 bits per heavy atom. The number of aliphatic hydroxyl groups is 1. The predicted octanol–water partition coefficient (Wildman–Crippen LogP) is 4.13. The van der Waals surface area contributed by atoms with Crippen LogP contribution >= 0.6 is 15.9 Å². The molecule has 0 aromatic heterocycles. The van der Waals surface area contributed by atoms with Gasteiger partial charge in [-0.05, 0) is 78.1 Å². The number of anilines is 1. The van der Waals surface area contributed by atoms with E-state index >= 15 is 0 Å². The third kappa shape index (κ3) is 3.51. The molecule has 0 unspecified atom stereocenters. The van der Waals surface area contributed by atoms with Gasteiger partial charge in [-0.1, -0.05) is 6.07 Å². The van der Waals surface area contributed by atoms with Crippen LogP contribution < -0.4 is 4.90 Å². The molecule has 2 saturated carbocycles. The summed E-state index contributed by atoms with van der Waals surface area (Å²) in [6.45, 7) is 4.21. The number of benzene rings is 1. The lowest BCUT2D eigenvalue weighted by Crippen LogP contribution is -2.28. The summed E-state index contributed by atoms with van der Waals surface area (Å²) in [6, 6.07) is 6.28. The van der Waals surface area contributed by atoms with E-state index in [1.165, 1.54) is 44.5 Å². The molecule has 2 fully saturated rings. The molecule has 1 atom stereocenters. The fraction of sp³-hybridized carbons (Fsp3) is 0.625. The van der Waals surface area contributed by atoms with Crippen LogP contribution in [0.2, 0.25) is 0 Å². The Morgan fingerprint density at radius 2 is 1.79 bits per heavy atom. The van der Waals surface area contributed by atoms with E-state index in [2.05, 4.69) is 39.0 Å². The highest BCUT2D eigenvalue weighted by molar-refractivity contribution is 9.10. The van der Waals surface area contributed by atoms with E-state index in [4.69, 9.17) is 0 Å². The van der Waals surface area contributed by atoms with E-state index in [1.807, 2.05) is 6.92 Å². The maximum absolute atomic E-state index is 9.65. The number of halogens is 1. The molecule has 1 N–H and O–H groups in total. The van der Waals surface area contributed by atoms with Crippen molar-refractivity contribution in [2.24, 2.45) is 11.8 Å². The summed E-state index contributed by atoms with van der Waals surface area (Å²) in [6.07, 6.45) is 5.18. The summed E-state index contributed by atoms with van der Waals surface area (Å²) >= 11 is 3.68. The summed E-state index contributed by atoms with van der Waals surface area (Å²) in [5.41, 5.74) is 2.27. The zero-order valence-electron chi connectivity index (χ0n) is 11.5. The molecule has 3 heteroatoms. The van der Waals surface area contributed by atoms with Gasteiger partial charge >= 0.3 is 0 Å². The maximum atomic E-state index is 9.65. The molecule has 1 aromatic rings. The van der Waals surface area contributed by atoms with Crippen molar-refractivity contribution < 1.29 is 5.11 Å². The van der Waals surface area contributed by atoms with E-state index in [-0.39, 0.29) is 0 Å².